The first-order valence-corrected chi connectivity index (χ1v) is 10.0. The Kier molecular flexibility index (Phi) is 3.74. The lowest BCUT2D eigenvalue weighted by atomic mass is 9.77. The van der Waals surface area contributed by atoms with Crippen LogP contribution in [0.15, 0.2) is 54.6 Å². The Bertz CT molecular complexity index is 832. The number of anilines is 1. The van der Waals surface area contributed by atoms with Gasteiger partial charge in [0, 0.05) is 23.1 Å². The van der Waals surface area contributed by atoms with Crippen molar-refractivity contribution in [1.82, 2.24) is 0 Å². The maximum atomic E-state index is 13.7. The Morgan fingerprint density at radius 3 is 2.88 bits per heavy atom. The van der Waals surface area contributed by atoms with Crippen molar-refractivity contribution in [3.8, 4) is 5.75 Å². The number of ether oxygens (including phenoxy) is 1. The van der Waals surface area contributed by atoms with Crippen LogP contribution in [0.1, 0.15) is 29.5 Å². The summed E-state index contributed by atoms with van der Waals surface area (Å²) in [5, 5.41) is 3.65. The van der Waals surface area contributed by atoms with Crippen LogP contribution in [0, 0.1) is 11.7 Å². The molecule has 0 aromatic heterocycles. The molecule has 0 radical (unpaired) electrons. The summed E-state index contributed by atoms with van der Waals surface area (Å²) < 4.78 is 19.8. The van der Waals surface area contributed by atoms with Gasteiger partial charge in [-0.05, 0) is 53.8 Å². The van der Waals surface area contributed by atoms with Gasteiger partial charge in [0.25, 0.3) is 0 Å². The Morgan fingerprint density at radius 2 is 2.04 bits per heavy atom. The number of hydrogen-bond donors (Lipinski definition) is 1. The van der Waals surface area contributed by atoms with Crippen LogP contribution in [-0.4, -0.2) is 17.6 Å². The molecule has 1 fully saturated rings. The lowest BCUT2D eigenvalue weighted by Gasteiger charge is -2.37. The normalized spacial score (nSPS) is 27.2. The SMILES string of the molecule is Fc1ccc2c(c1)[C@H]1C=CC[C@H]1[C@H](c1cccc(OC3CSC3)c1)N2. The quantitative estimate of drug-likeness (QED) is 0.772. The van der Waals surface area contributed by atoms with Crippen molar-refractivity contribution in [2.24, 2.45) is 5.92 Å². The van der Waals surface area contributed by atoms with E-state index in [0.29, 0.717) is 12.0 Å². The van der Waals surface area contributed by atoms with Crippen molar-refractivity contribution < 1.29 is 9.13 Å². The van der Waals surface area contributed by atoms with E-state index in [0.717, 1.165) is 34.9 Å². The van der Waals surface area contributed by atoms with E-state index < -0.39 is 0 Å². The third-order valence-corrected chi connectivity index (χ3v) is 6.67. The number of halogens is 1. The third kappa shape index (κ3) is 2.73. The molecule has 2 heterocycles. The number of hydrogen-bond acceptors (Lipinski definition) is 3. The standard InChI is InChI=1S/C21H20FNOS/c22-14-7-8-20-19(10-14)17-5-2-6-18(17)21(23-20)13-3-1-4-15(9-13)24-16-11-25-12-16/h1-5,7-10,16-18,21,23H,6,11-12H2/t17-,18+,21-/m0/s1. The predicted molar refractivity (Wildman–Crippen MR) is 101 cm³/mol. The summed E-state index contributed by atoms with van der Waals surface area (Å²) in [6.07, 6.45) is 5.84. The summed E-state index contributed by atoms with van der Waals surface area (Å²) in [4.78, 5) is 0. The van der Waals surface area contributed by atoms with Crippen LogP contribution < -0.4 is 10.1 Å². The highest BCUT2D eigenvalue weighted by Gasteiger charge is 2.38. The molecule has 3 aliphatic rings. The van der Waals surface area contributed by atoms with Crippen molar-refractivity contribution in [3.05, 3.63) is 71.6 Å². The first-order chi connectivity index (χ1) is 12.3. The molecule has 2 aromatic carbocycles. The second kappa shape index (κ2) is 6.10. The summed E-state index contributed by atoms with van der Waals surface area (Å²) in [6.45, 7) is 0. The molecule has 1 N–H and O–H groups in total. The molecule has 0 bridgehead atoms. The van der Waals surface area contributed by atoms with Crippen molar-refractivity contribution in [1.29, 1.82) is 0 Å². The third-order valence-electron chi connectivity index (χ3n) is 5.45. The van der Waals surface area contributed by atoms with Gasteiger partial charge in [-0.2, -0.15) is 11.8 Å². The fourth-order valence-electron chi connectivity index (χ4n) is 4.15. The fraction of sp³-hybridized carbons (Fsp3) is 0.333. The molecule has 4 heteroatoms. The van der Waals surface area contributed by atoms with E-state index >= 15 is 0 Å². The largest absolute Gasteiger partial charge is 0.489 e. The van der Waals surface area contributed by atoms with E-state index in [1.807, 2.05) is 23.9 Å². The highest BCUT2D eigenvalue weighted by atomic mass is 32.2. The highest BCUT2D eigenvalue weighted by Crippen LogP contribution is 2.50. The molecule has 0 unspecified atom stereocenters. The molecule has 25 heavy (non-hydrogen) atoms. The zero-order valence-electron chi connectivity index (χ0n) is 13.8. The van der Waals surface area contributed by atoms with Gasteiger partial charge in [0.05, 0.1) is 6.04 Å². The van der Waals surface area contributed by atoms with E-state index in [4.69, 9.17) is 4.74 Å². The topological polar surface area (TPSA) is 21.3 Å². The van der Waals surface area contributed by atoms with E-state index in [9.17, 15) is 4.39 Å². The average Bonchev–Trinajstić information content (AvgIpc) is 3.08. The Hall–Kier alpha value is -1.94. The number of rotatable bonds is 3. The lowest BCUT2D eigenvalue weighted by Crippen LogP contribution is -2.31. The molecule has 5 rings (SSSR count). The number of benzene rings is 2. The lowest BCUT2D eigenvalue weighted by molar-refractivity contribution is 0.240. The van der Waals surface area contributed by atoms with Crippen LogP contribution in [0.3, 0.4) is 0 Å². The molecule has 0 spiro atoms. The fourth-order valence-corrected chi connectivity index (χ4v) is 4.72. The predicted octanol–water partition coefficient (Wildman–Crippen LogP) is 5.15. The molecule has 2 aromatic rings. The minimum absolute atomic E-state index is 0.160. The van der Waals surface area contributed by atoms with E-state index in [1.54, 1.807) is 6.07 Å². The highest BCUT2D eigenvalue weighted by molar-refractivity contribution is 8.00. The second-order valence-electron chi connectivity index (χ2n) is 7.06. The van der Waals surface area contributed by atoms with Crippen LogP contribution in [0.2, 0.25) is 0 Å². The van der Waals surface area contributed by atoms with Crippen LogP contribution >= 0.6 is 11.8 Å². The molecule has 1 aliphatic carbocycles. The summed E-state index contributed by atoms with van der Waals surface area (Å²) in [5.74, 6) is 3.66. The van der Waals surface area contributed by atoms with E-state index in [2.05, 4.69) is 35.7 Å². The van der Waals surface area contributed by atoms with Crippen LogP contribution in [0.4, 0.5) is 10.1 Å². The molecular formula is C21H20FNOS. The van der Waals surface area contributed by atoms with Gasteiger partial charge in [0.2, 0.25) is 0 Å². The van der Waals surface area contributed by atoms with Gasteiger partial charge in [-0.15, -0.1) is 0 Å². The Morgan fingerprint density at radius 1 is 1.12 bits per heavy atom. The molecule has 2 nitrogen and oxygen atoms in total. The summed E-state index contributed by atoms with van der Waals surface area (Å²) in [7, 11) is 0. The van der Waals surface area contributed by atoms with Crippen molar-refractivity contribution in [3.63, 3.8) is 0 Å². The van der Waals surface area contributed by atoms with Gasteiger partial charge in [0.15, 0.2) is 0 Å². The van der Waals surface area contributed by atoms with Gasteiger partial charge in [-0.1, -0.05) is 24.3 Å². The van der Waals surface area contributed by atoms with Crippen molar-refractivity contribution >= 4 is 17.4 Å². The molecule has 0 saturated carbocycles. The zero-order chi connectivity index (χ0) is 16.8. The maximum absolute atomic E-state index is 13.7. The minimum atomic E-state index is -0.160. The van der Waals surface area contributed by atoms with Crippen molar-refractivity contribution in [2.45, 2.75) is 24.5 Å². The Labute approximate surface area is 151 Å². The maximum Gasteiger partial charge on any atom is 0.123 e. The number of fused-ring (bicyclic) bond motifs is 3. The first-order valence-electron chi connectivity index (χ1n) is 8.85. The first kappa shape index (κ1) is 15.3. The molecule has 3 atom stereocenters. The van der Waals surface area contributed by atoms with Gasteiger partial charge < -0.3 is 10.1 Å². The van der Waals surface area contributed by atoms with E-state index in [1.165, 1.54) is 11.6 Å². The second-order valence-corrected chi connectivity index (χ2v) is 8.13. The van der Waals surface area contributed by atoms with Gasteiger partial charge in [-0.3, -0.25) is 0 Å². The van der Waals surface area contributed by atoms with Gasteiger partial charge in [-0.25, -0.2) is 4.39 Å². The van der Waals surface area contributed by atoms with Crippen LogP contribution in [-0.2, 0) is 0 Å². The summed E-state index contributed by atoms with van der Waals surface area (Å²) in [6, 6.07) is 13.8. The molecule has 2 aliphatic heterocycles. The molecular weight excluding hydrogens is 333 g/mol. The molecule has 128 valence electrons. The monoisotopic (exact) mass is 353 g/mol. The minimum Gasteiger partial charge on any atom is -0.489 e. The number of allylic oxidation sites excluding steroid dienone is 2. The van der Waals surface area contributed by atoms with Gasteiger partial charge >= 0.3 is 0 Å². The zero-order valence-corrected chi connectivity index (χ0v) is 14.6. The molecule has 1 saturated heterocycles. The van der Waals surface area contributed by atoms with Crippen molar-refractivity contribution in [2.75, 3.05) is 16.8 Å². The smallest absolute Gasteiger partial charge is 0.123 e. The van der Waals surface area contributed by atoms with E-state index in [-0.39, 0.29) is 17.8 Å². The Balaban J connectivity index is 1.48. The number of thioether (sulfide) groups is 1. The number of nitrogens with one attached hydrogen (secondary N) is 1. The molecule has 0 amide bonds. The summed E-state index contributed by atoms with van der Waals surface area (Å²) >= 11 is 1.93. The average molecular weight is 353 g/mol. The van der Waals surface area contributed by atoms with Gasteiger partial charge in [0.1, 0.15) is 17.7 Å². The van der Waals surface area contributed by atoms with Crippen LogP contribution in [0.5, 0.6) is 5.75 Å². The summed E-state index contributed by atoms with van der Waals surface area (Å²) in [5.41, 5.74) is 3.37. The van der Waals surface area contributed by atoms with Crippen LogP contribution in [0.25, 0.3) is 0 Å².